The molecular weight excluding hydrogens is 321 g/mol. The number of nitrogens with one attached hydrogen (secondary N) is 1. The Balaban J connectivity index is 1.74. The lowest BCUT2D eigenvalue weighted by Crippen LogP contribution is -2.55. The standard InChI is InChI=1S/C19H22FN3O2/c1-13(2)11-23-17(12-22-9-3-4-16(22)19(23)25)18(24)21-10-14-5-7-15(20)8-6-14/h3-9,13,17H,10-12H2,1-2H3,(H,21,24). The van der Waals surface area contributed by atoms with Gasteiger partial charge in [0.05, 0.1) is 6.54 Å². The molecule has 0 spiro atoms. The molecule has 0 saturated heterocycles. The smallest absolute Gasteiger partial charge is 0.271 e. The molecule has 1 aliphatic rings. The molecule has 3 rings (SSSR count). The van der Waals surface area contributed by atoms with Gasteiger partial charge in [-0.2, -0.15) is 0 Å². The lowest BCUT2D eigenvalue weighted by molar-refractivity contribution is -0.126. The molecule has 0 saturated carbocycles. The van der Waals surface area contributed by atoms with Crippen LogP contribution in [0.2, 0.25) is 0 Å². The molecule has 1 aliphatic heterocycles. The molecule has 0 bridgehead atoms. The average Bonchev–Trinajstić information content (AvgIpc) is 3.05. The van der Waals surface area contributed by atoms with Crippen LogP contribution in [0.15, 0.2) is 42.6 Å². The van der Waals surface area contributed by atoms with Crippen LogP contribution in [-0.2, 0) is 17.9 Å². The van der Waals surface area contributed by atoms with Crippen molar-refractivity contribution in [3.8, 4) is 0 Å². The maximum atomic E-state index is 13.0. The van der Waals surface area contributed by atoms with E-state index in [1.807, 2.05) is 30.7 Å². The number of carbonyl (C=O) groups excluding carboxylic acids is 2. The Morgan fingerprint density at radius 2 is 2.00 bits per heavy atom. The van der Waals surface area contributed by atoms with E-state index in [1.165, 1.54) is 12.1 Å². The molecule has 0 aliphatic carbocycles. The molecule has 1 N–H and O–H groups in total. The minimum atomic E-state index is -0.546. The van der Waals surface area contributed by atoms with Gasteiger partial charge >= 0.3 is 0 Å². The molecule has 1 unspecified atom stereocenters. The van der Waals surface area contributed by atoms with Gasteiger partial charge in [0.2, 0.25) is 5.91 Å². The fourth-order valence-corrected chi connectivity index (χ4v) is 3.08. The fourth-order valence-electron chi connectivity index (χ4n) is 3.08. The van der Waals surface area contributed by atoms with E-state index in [2.05, 4.69) is 5.32 Å². The first-order valence-corrected chi connectivity index (χ1v) is 8.44. The molecule has 1 aromatic carbocycles. The maximum absolute atomic E-state index is 13.0. The van der Waals surface area contributed by atoms with Gasteiger partial charge < -0.3 is 14.8 Å². The van der Waals surface area contributed by atoms with Gasteiger partial charge in [-0.05, 0) is 35.7 Å². The van der Waals surface area contributed by atoms with Gasteiger partial charge in [0.15, 0.2) is 0 Å². The van der Waals surface area contributed by atoms with Crippen LogP contribution in [0.25, 0.3) is 0 Å². The van der Waals surface area contributed by atoms with E-state index in [4.69, 9.17) is 0 Å². The summed E-state index contributed by atoms with van der Waals surface area (Å²) in [5.41, 5.74) is 1.43. The minimum Gasteiger partial charge on any atom is -0.350 e. The SMILES string of the molecule is CC(C)CN1C(=O)c2cccn2CC1C(=O)NCc1ccc(F)cc1. The molecule has 6 heteroatoms. The Labute approximate surface area is 146 Å². The summed E-state index contributed by atoms with van der Waals surface area (Å²) >= 11 is 0. The monoisotopic (exact) mass is 343 g/mol. The van der Waals surface area contributed by atoms with E-state index in [-0.39, 0.29) is 23.5 Å². The Morgan fingerprint density at radius 3 is 2.68 bits per heavy atom. The van der Waals surface area contributed by atoms with Gasteiger partial charge in [-0.1, -0.05) is 26.0 Å². The van der Waals surface area contributed by atoms with E-state index in [0.717, 1.165) is 5.56 Å². The lowest BCUT2D eigenvalue weighted by Gasteiger charge is -2.36. The van der Waals surface area contributed by atoms with Crippen LogP contribution in [0.3, 0.4) is 0 Å². The van der Waals surface area contributed by atoms with Crippen molar-refractivity contribution >= 4 is 11.8 Å². The van der Waals surface area contributed by atoms with Gasteiger partial charge in [-0.25, -0.2) is 4.39 Å². The van der Waals surface area contributed by atoms with Crippen LogP contribution in [0.5, 0.6) is 0 Å². The Morgan fingerprint density at radius 1 is 1.28 bits per heavy atom. The summed E-state index contributed by atoms with van der Waals surface area (Å²) < 4.78 is 14.8. The van der Waals surface area contributed by atoms with E-state index in [9.17, 15) is 14.0 Å². The minimum absolute atomic E-state index is 0.119. The van der Waals surface area contributed by atoms with Gasteiger partial charge in [-0.3, -0.25) is 9.59 Å². The second-order valence-electron chi connectivity index (χ2n) is 6.76. The second-order valence-corrected chi connectivity index (χ2v) is 6.76. The highest BCUT2D eigenvalue weighted by molar-refractivity contribution is 5.97. The van der Waals surface area contributed by atoms with Crippen molar-refractivity contribution in [3.63, 3.8) is 0 Å². The van der Waals surface area contributed by atoms with Gasteiger partial charge in [0.25, 0.3) is 5.91 Å². The summed E-state index contributed by atoms with van der Waals surface area (Å²) in [4.78, 5) is 27.1. The predicted octanol–water partition coefficient (Wildman–Crippen LogP) is 2.42. The largest absolute Gasteiger partial charge is 0.350 e. The quantitative estimate of drug-likeness (QED) is 0.906. The molecule has 0 fully saturated rings. The van der Waals surface area contributed by atoms with E-state index in [1.54, 1.807) is 23.1 Å². The zero-order valence-corrected chi connectivity index (χ0v) is 14.4. The average molecular weight is 343 g/mol. The fraction of sp³-hybridized carbons (Fsp3) is 0.368. The number of hydrogen-bond donors (Lipinski definition) is 1. The number of amides is 2. The second kappa shape index (κ2) is 7.09. The van der Waals surface area contributed by atoms with E-state index in [0.29, 0.717) is 25.3 Å². The van der Waals surface area contributed by atoms with Crippen LogP contribution in [-0.4, -0.2) is 33.9 Å². The van der Waals surface area contributed by atoms with Gasteiger partial charge in [0.1, 0.15) is 17.6 Å². The predicted molar refractivity (Wildman–Crippen MR) is 92.3 cm³/mol. The van der Waals surface area contributed by atoms with Crippen molar-refractivity contribution in [1.82, 2.24) is 14.8 Å². The van der Waals surface area contributed by atoms with E-state index < -0.39 is 6.04 Å². The summed E-state index contributed by atoms with van der Waals surface area (Å²) in [6, 6.07) is 9.05. The number of aromatic nitrogens is 1. The van der Waals surface area contributed by atoms with Crippen LogP contribution >= 0.6 is 0 Å². The Hall–Kier alpha value is -2.63. The summed E-state index contributed by atoms with van der Waals surface area (Å²) in [7, 11) is 0. The van der Waals surface area contributed by atoms with Crippen LogP contribution in [0.1, 0.15) is 29.9 Å². The van der Waals surface area contributed by atoms with Crippen molar-refractivity contribution in [2.45, 2.75) is 33.0 Å². The zero-order chi connectivity index (χ0) is 18.0. The maximum Gasteiger partial charge on any atom is 0.271 e. The number of rotatable bonds is 5. The number of carbonyl (C=O) groups is 2. The first kappa shape index (κ1) is 17.2. The Bertz CT molecular complexity index is 767. The van der Waals surface area contributed by atoms with Gasteiger partial charge in [-0.15, -0.1) is 0 Å². The molecule has 1 atom stereocenters. The lowest BCUT2D eigenvalue weighted by atomic mass is 10.1. The molecule has 25 heavy (non-hydrogen) atoms. The molecule has 2 aromatic rings. The van der Waals surface area contributed by atoms with Crippen LogP contribution in [0.4, 0.5) is 4.39 Å². The number of halogens is 1. The molecule has 0 radical (unpaired) electrons. The molecule has 5 nitrogen and oxygen atoms in total. The summed E-state index contributed by atoms with van der Waals surface area (Å²) in [6.45, 7) is 5.31. The molecule has 132 valence electrons. The third-order valence-corrected chi connectivity index (χ3v) is 4.30. The number of fused-ring (bicyclic) bond motifs is 1. The highest BCUT2D eigenvalue weighted by atomic mass is 19.1. The van der Waals surface area contributed by atoms with Gasteiger partial charge in [0, 0.05) is 19.3 Å². The first-order valence-electron chi connectivity index (χ1n) is 8.44. The number of benzene rings is 1. The Kier molecular flexibility index (Phi) is 4.88. The normalized spacial score (nSPS) is 16.9. The highest BCUT2D eigenvalue weighted by Crippen LogP contribution is 2.20. The topological polar surface area (TPSA) is 54.3 Å². The summed E-state index contributed by atoms with van der Waals surface area (Å²) in [5.74, 6) is -0.362. The molecular formula is C19H22FN3O2. The molecule has 2 amide bonds. The van der Waals surface area contributed by atoms with Crippen LogP contribution < -0.4 is 5.32 Å². The third kappa shape index (κ3) is 3.73. The summed E-state index contributed by atoms with van der Waals surface area (Å²) in [5, 5.41) is 2.87. The number of nitrogens with zero attached hydrogens (tertiary/aromatic N) is 2. The van der Waals surface area contributed by atoms with Crippen molar-refractivity contribution in [1.29, 1.82) is 0 Å². The summed E-state index contributed by atoms with van der Waals surface area (Å²) in [6.07, 6.45) is 1.82. The third-order valence-electron chi connectivity index (χ3n) is 4.30. The van der Waals surface area contributed by atoms with Crippen molar-refractivity contribution in [2.75, 3.05) is 6.54 Å². The highest BCUT2D eigenvalue weighted by Gasteiger charge is 2.36. The molecule has 2 heterocycles. The van der Waals surface area contributed by atoms with Crippen molar-refractivity contribution < 1.29 is 14.0 Å². The van der Waals surface area contributed by atoms with E-state index >= 15 is 0 Å². The number of hydrogen-bond acceptors (Lipinski definition) is 2. The zero-order valence-electron chi connectivity index (χ0n) is 14.4. The first-order chi connectivity index (χ1) is 12.0. The van der Waals surface area contributed by atoms with Crippen molar-refractivity contribution in [3.05, 3.63) is 59.7 Å². The van der Waals surface area contributed by atoms with Crippen LogP contribution in [0, 0.1) is 11.7 Å². The van der Waals surface area contributed by atoms with Crippen molar-refractivity contribution in [2.24, 2.45) is 5.92 Å². The molecule has 1 aromatic heterocycles.